The molecular weight excluding hydrogens is 208 g/mol. The minimum Gasteiger partial charge on any atom is -0.481 e. The molecular formula is C11H24N2O3. The second-order valence-corrected chi connectivity index (χ2v) is 3.84. The third kappa shape index (κ3) is 8.64. The standard InChI is InChI=1S/C11H24N2O3/c1-3-13(4-2)7-5-6-12-9-10(14)8-11(15)16/h10,12,14H,3-9H2,1-2H3,(H,15,16). The molecule has 0 rings (SSSR count). The summed E-state index contributed by atoms with van der Waals surface area (Å²) < 4.78 is 0. The van der Waals surface area contributed by atoms with Gasteiger partial charge in [0, 0.05) is 6.54 Å². The van der Waals surface area contributed by atoms with E-state index in [-0.39, 0.29) is 6.42 Å². The zero-order valence-corrected chi connectivity index (χ0v) is 10.3. The maximum Gasteiger partial charge on any atom is 0.306 e. The maximum absolute atomic E-state index is 10.3. The summed E-state index contributed by atoms with van der Waals surface area (Å²) >= 11 is 0. The lowest BCUT2D eigenvalue weighted by Crippen LogP contribution is -2.31. The Kier molecular flexibility index (Phi) is 9.18. The minimum absolute atomic E-state index is 0.191. The molecule has 0 bridgehead atoms. The zero-order valence-electron chi connectivity index (χ0n) is 10.3. The average molecular weight is 232 g/mol. The summed E-state index contributed by atoms with van der Waals surface area (Å²) in [6.07, 6.45) is 0.0378. The lowest BCUT2D eigenvalue weighted by atomic mass is 10.2. The van der Waals surface area contributed by atoms with Crippen LogP contribution in [0.3, 0.4) is 0 Å². The number of carbonyl (C=O) groups is 1. The highest BCUT2D eigenvalue weighted by Crippen LogP contribution is 1.91. The van der Waals surface area contributed by atoms with Crippen molar-refractivity contribution in [2.45, 2.75) is 32.8 Å². The Labute approximate surface area is 97.4 Å². The molecule has 0 saturated heterocycles. The summed E-state index contributed by atoms with van der Waals surface area (Å²) in [5.74, 6) is -0.961. The van der Waals surface area contributed by atoms with Crippen LogP contribution in [0.2, 0.25) is 0 Å². The van der Waals surface area contributed by atoms with E-state index in [1.807, 2.05) is 0 Å². The Balaban J connectivity index is 3.35. The Bertz CT molecular complexity index is 184. The van der Waals surface area contributed by atoms with Crippen LogP contribution in [0, 0.1) is 0 Å². The van der Waals surface area contributed by atoms with E-state index in [0.717, 1.165) is 32.6 Å². The highest BCUT2D eigenvalue weighted by Gasteiger charge is 2.08. The number of aliphatic hydroxyl groups excluding tert-OH is 1. The third-order valence-electron chi connectivity index (χ3n) is 2.51. The smallest absolute Gasteiger partial charge is 0.306 e. The van der Waals surface area contributed by atoms with E-state index in [9.17, 15) is 9.90 Å². The fourth-order valence-corrected chi connectivity index (χ4v) is 1.51. The van der Waals surface area contributed by atoms with E-state index < -0.39 is 12.1 Å². The number of hydrogen-bond acceptors (Lipinski definition) is 4. The van der Waals surface area contributed by atoms with Crippen molar-refractivity contribution in [3.8, 4) is 0 Å². The molecule has 1 atom stereocenters. The summed E-state index contributed by atoms with van der Waals surface area (Å²) in [5, 5.41) is 20.7. The van der Waals surface area contributed by atoms with Gasteiger partial charge in [0.2, 0.25) is 0 Å². The van der Waals surface area contributed by atoms with E-state index in [1.54, 1.807) is 0 Å². The van der Waals surface area contributed by atoms with Gasteiger partial charge >= 0.3 is 5.97 Å². The van der Waals surface area contributed by atoms with Crippen LogP contribution in [0.25, 0.3) is 0 Å². The van der Waals surface area contributed by atoms with Crippen molar-refractivity contribution in [2.75, 3.05) is 32.7 Å². The molecule has 0 amide bonds. The molecule has 1 unspecified atom stereocenters. The van der Waals surface area contributed by atoms with Gasteiger partial charge in [0.1, 0.15) is 0 Å². The Morgan fingerprint density at radius 3 is 2.50 bits per heavy atom. The van der Waals surface area contributed by atoms with E-state index in [1.165, 1.54) is 0 Å². The molecule has 96 valence electrons. The molecule has 0 aromatic rings. The van der Waals surface area contributed by atoms with E-state index in [4.69, 9.17) is 5.11 Å². The molecule has 0 saturated carbocycles. The van der Waals surface area contributed by atoms with Crippen LogP contribution < -0.4 is 5.32 Å². The Morgan fingerprint density at radius 2 is 2.00 bits per heavy atom. The van der Waals surface area contributed by atoms with Crippen LogP contribution in [0.5, 0.6) is 0 Å². The molecule has 0 aliphatic heterocycles. The topological polar surface area (TPSA) is 72.8 Å². The third-order valence-corrected chi connectivity index (χ3v) is 2.51. The normalized spacial score (nSPS) is 13.0. The number of rotatable bonds is 10. The number of nitrogens with one attached hydrogen (secondary N) is 1. The van der Waals surface area contributed by atoms with Gasteiger partial charge in [-0.1, -0.05) is 13.8 Å². The number of nitrogens with zero attached hydrogens (tertiary/aromatic N) is 1. The van der Waals surface area contributed by atoms with Crippen molar-refractivity contribution in [3.63, 3.8) is 0 Å². The van der Waals surface area contributed by atoms with Gasteiger partial charge < -0.3 is 20.4 Å². The van der Waals surface area contributed by atoms with Gasteiger partial charge in [0.15, 0.2) is 0 Å². The van der Waals surface area contributed by atoms with Crippen LogP contribution >= 0.6 is 0 Å². The molecule has 0 aromatic carbocycles. The maximum atomic E-state index is 10.3. The lowest BCUT2D eigenvalue weighted by molar-refractivity contribution is -0.139. The van der Waals surface area contributed by atoms with E-state index >= 15 is 0 Å². The van der Waals surface area contributed by atoms with E-state index in [2.05, 4.69) is 24.1 Å². The highest BCUT2D eigenvalue weighted by molar-refractivity contribution is 5.67. The van der Waals surface area contributed by atoms with Gasteiger partial charge in [-0.15, -0.1) is 0 Å². The van der Waals surface area contributed by atoms with Crippen LogP contribution in [0.15, 0.2) is 0 Å². The summed E-state index contributed by atoms with van der Waals surface area (Å²) in [7, 11) is 0. The summed E-state index contributed by atoms with van der Waals surface area (Å²) in [6, 6.07) is 0. The Hall–Kier alpha value is -0.650. The number of aliphatic hydroxyl groups is 1. The monoisotopic (exact) mass is 232 g/mol. The summed E-state index contributed by atoms with van der Waals surface area (Å²) in [4.78, 5) is 12.6. The predicted octanol–water partition coefficient (Wildman–Crippen LogP) is 0.143. The first-order valence-electron chi connectivity index (χ1n) is 5.93. The lowest BCUT2D eigenvalue weighted by Gasteiger charge is -2.18. The molecule has 3 N–H and O–H groups in total. The van der Waals surface area contributed by atoms with Crippen molar-refractivity contribution < 1.29 is 15.0 Å². The van der Waals surface area contributed by atoms with Crippen LogP contribution in [0.4, 0.5) is 0 Å². The van der Waals surface area contributed by atoms with Gasteiger partial charge in [-0.2, -0.15) is 0 Å². The molecule has 5 heteroatoms. The van der Waals surface area contributed by atoms with Crippen molar-refractivity contribution >= 4 is 5.97 Å². The number of hydrogen-bond donors (Lipinski definition) is 3. The van der Waals surface area contributed by atoms with Gasteiger partial charge in [-0.25, -0.2) is 0 Å². The molecule has 0 radical (unpaired) electrons. The van der Waals surface area contributed by atoms with Crippen LogP contribution in [0.1, 0.15) is 26.7 Å². The number of carboxylic acids is 1. The fraction of sp³-hybridized carbons (Fsp3) is 0.909. The molecule has 0 fully saturated rings. The number of aliphatic carboxylic acids is 1. The predicted molar refractivity (Wildman–Crippen MR) is 63.5 cm³/mol. The second kappa shape index (κ2) is 9.57. The highest BCUT2D eigenvalue weighted by atomic mass is 16.4. The van der Waals surface area contributed by atoms with Gasteiger partial charge in [0.05, 0.1) is 12.5 Å². The van der Waals surface area contributed by atoms with Gasteiger partial charge in [-0.3, -0.25) is 4.79 Å². The van der Waals surface area contributed by atoms with Gasteiger partial charge in [-0.05, 0) is 32.6 Å². The molecule has 0 aliphatic rings. The van der Waals surface area contributed by atoms with Crippen LogP contribution in [-0.4, -0.2) is 59.9 Å². The van der Waals surface area contributed by atoms with E-state index in [0.29, 0.717) is 6.54 Å². The quantitative estimate of drug-likeness (QED) is 0.467. The molecule has 5 nitrogen and oxygen atoms in total. The SMILES string of the molecule is CCN(CC)CCCNCC(O)CC(=O)O. The summed E-state index contributed by atoms with van der Waals surface area (Å²) in [6.45, 7) is 8.57. The Morgan fingerprint density at radius 1 is 1.38 bits per heavy atom. The molecule has 0 aromatic heterocycles. The minimum atomic E-state index is -0.961. The summed E-state index contributed by atoms with van der Waals surface area (Å²) in [5.41, 5.74) is 0. The molecule has 16 heavy (non-hydrogen) atoms. The molecule has 0 aliphatic carbocycles. The van der Waals surface area contributed by atoms with Gasteiger partial charge in [0.25, 0.3) is 0 Å². The first kappa shape index (κ1) is 15.3. The molecule has 0 heterocycles. The largest absolute Gasteiger partial charge is 0.481 e. The first-order chi connectivity index (χ1) is 7.60. The van der Waals surface area contributed by atoms with Crippen molar-refractivity contribution in [2.24, 2.45) is 0 Å². The van der Waals surface area contributed by atoms with Crippen LogP contribution in [-0.2, 0) is 4.79 Å². The van der Waals surface area contributed by atoms with Crippen molar-refractivity contribution in [1.29, 1.82) is 0 Å². The second-order valence-electron chi connectivity index (χ2n) is 3.84. The molecule has 0 spiro atoms. The first-order valence-corrected chi connectivity index (χ1v) is 5.93. The van der Waals surface area contributed by atoms with Crippen molar-refractivity contribution in [3.05, 3.63) is 0 Å². The fourth-order valence-electron chi connectivity index (χ4n) is 1.51. The number of carboxylic acid groups (broad SMARTS) is 1. The van der Waals surface area contributed by atoms with Crippen molar-refractivity contribution in [1.82, 2.24) is 10.2 Å². The average Bonchev–Trinajstić information content (AvgIpc) is 2.22. The zero-order chi connectivity index (χ0) is 12.4.